The summed E-state index contributed by atoms with van der Waals surface area (Å²) in [5, 5.41) is 7.03. The van der Waals surface area contributed by atoms with Crippen molar-refractivity contribution in [3.63, 3.8) is 0 Å². The molecule has 1 saturated heterocycles. The highest BCUT2D eigenvalue weighted by Crippen LogP contribution is 2.38. The van der Waals surface area contributed by atoms with Crippen molar-refractivity contribution in [2.75, 3.05) is 11.9 Å². The molecule has 1 aliphatic rings. The Kier molecular flexibility index (Phi) is 5.81. The smallest absolute Gasteiger partial charge is 0.226 e. The molecule has 0 radical (unpaired) electrons. The van der Waals surface area contributed by atoms with Crippen molar-refractivity contribution in [2.24, 2.45) is 7.05 Å². The van der Waals surface area contributed by atoms with Gasteiger partial charge in [0.1, 0.15) is 0 Å². The quantitative estimate of drug-likeness (QED) is 0.596. The fourth-order valence-corrected chi connectivity index (χ4v) is 4.21. The number of nitrogens with one attached hydrogen (secondary N) is 2. The molecule has 0 aliphatic carbocycles. The molecule has 4 rings (SSSR count). The summed E-state index contributed by atoms with van der Waals surface area (Å²) in [5.41, 5.74) is 3.99. The number of benzene rings is 1. The average Bonchev–Trinajstić information content (AvgIpc) is 3.30. The van der Waals surface area contributed by atoms with E-state index in [1.165, 1.54) is 0 Å². The Hall–Kier alpha value is -3.19. The Balaban J connectivity index is 1.51. The molecule has 1 aromatic carbocycles. The van der Waals surface area contributed by atoms with Gasteiger partial charge in [-0.3, -0.25) is 9.78 Å². The molecule has 7 heteroatoms. The number of aromatic nitrogens is 2. The molecule has 0 bridgehead atoms. The number of anilines is 1. The van der Waals surface area contributed by atoms with E-state index in [9.17, 15) is 4.79 Å². The highest BCUT2D eigenvalue weighted by atomic mass is 32.1. The summed E-state index contributed by atoms with van der Waals surface area (Å²) in [6.45, 7) is 2.53. The SMILES string of the molecule is Cc1cccc(NC(=O)CCN2C(=S)N[C@@H](c3ccccn3)[C@H]2c2ccn(C)c2)c1. The zero-order valence-electron chi connectivity index (χ0n) is 17.1. The second-order valence-corrected chi connectivity index (χ2v) is 7.98. The Labute approximate surface area is 181 Å². The maximum Gasteiger partial charge on any atom is 0.226 e. The molecule has 1 fully saturated rings. The van der Waals surface area contributed by atoms with Crippen molar-refractivity contribution in [3.05, 3.63) is 83.9 Å². The Morgan fingerprint density at radius 2 is 2.10 bits per heavy atom. The number of pyridine rings is 1. The van der Waals surface area contributed by atoms with Gasteiger partial charge in [-0.05, 0) is 60.6 Å². The van der Waals surface area contributed by atoms with Crippen LogP contribution in [0.2, 0.25) is 0 Å². The highest BCUT2D eigenvalue weighted by molar-refractivity contribution is 7.80. The lowest BCUT2D eigenvalue weighted by molar-refractivity contribution is -0.116. The minimum absolute atomic E-state index is 0.0274. The average molecular weight is 420 g/mol. The van der Waals surface area contributed by atoms with Crippen LogP contribution in [0.25, 0.3) is 0 Å². The first-order chi connectivity index (χ1) is 14.5. The van der Waals surface area contributed by atoms with Crippen molar-refractivity contribution >= 4 is 28.9 Å². The van der Waals surface area contributed by atoms with Crippen molar-refractivity contribution in [2.45, 2.75) is 25.4 Å². The van der Waals surface area contributed by atoms with Crippen LogP contribution in [-0.4, -0.2) is 32.0 Å². The van der Waals surface area contributed by atoms with Gasteiger partial charge >= 0.3 is 0 Å². The molecule has 3 aromatic rings. The minimum atomic E-state index is -0.0686. The van der Waals surface area contributed by atoms with Gasteiger partial charge in [-0.1, -0.05) is 18.2 Å². The van der Waals surface area contributed by atoms with Crippen LogP contribution in [0.4, 0.5) is 5.69 Å². The first kappa shape index (κ1) is 20.1. The molecular weight excluding hydrogens is 394 g/mol. The van der Waals surface area contributed by atoms with Gasteiger partial charge in [-0.2, -0.15) is 0 Å². The van der Waals surface area contributed by atoms with Crippen LogP contribution < -0.4 is 10.6 Å². The van der Waals surface area contributed by atoms with Gasteiger partial charge in [0.2, 0.25) is 5.91 Å². The lowest BCUT2D eigenvalue weighted by Gasteiger charge is -2.27. The Morgan fingerprint density at radius 1 is 1.23 bits per heavy atom. The zero-order valence-corrected chi connectivity index (χ0v) is 17.9. The molecule has 6 nitrogen and oxygen atoms in total. The predicted octanol–water partition coefficient (Wildman–Crippen LogP) is 3.73. The van der Waals surface area contributed by atoms with E-state index in [1.54, 1.807) is 6.20 Å². The van der Waals surface area contributed by atoms with Gasteiger partial charge in [-0.15, -0.1) is 0 Å². The van der Waals surface area contributed by atoms with Crippen LogP contribution in [0.1, 0.15) is 35.3 Å². The Bertz CT molecular complexity index is 1050. The van der Waals surface area contributed by atoms with Crippen LogP contribution in [0, 0.1) is 6.92 Å². The standard InChI is InChI=1S/C23H25N5OS/c1-16-6-5-7-18(14-16)25-20(29)10-13-28-22(17-9-12-27(2)15-17)21(26-23(28)30)19-8-3-4-11-24-19/h3-9,11-12,14-15,21-22H,10,13H2,1-2H3,(H,25,29)(H,26,30)/t21-,22+/m0/s1. The van der Waals surface area contributed by atoms with E-state index < -0.39 is 0 Å². The van der Waals surface area contributed by atoms with Gasteiger partial charge in [0, 0.05) is 44.3 Å². The second kappa shape index (κ2) is 8.67. The van der Waals surface area contributed by atoms with E-state index >= 15 is 0 Å². The fraction of sp³-hybridized carbons (Fsp3) is 0.261. The highest BCUT2D eigenvalue weighted by Gasteiger charge is 2.40. The van der Waals surface area contributed by atoms with Crippen molar-refractivity contribution < 1.29 is 4.79 Å². The van der Waals surface area contributed by atoms with Gasteiger partial charge < -0.3 is 20.1 Å². The summed E-state index contributed by atoms with van der Waals surface area (Å²) in [4.78, 5) is 19.2. The molecule has 2 atom stereocenters. The van der Waals surface area contributed by atoms with E-state index in [1.807, 2.05) is 67.2 Å². The van der Waals surface area contributed by atoms with Crippen LogP contribution >= 0.6 is 12.2 Å². The first-order valence-electron chi connectivity index (χ1n) is 9.98. The fourth-order valence-electron chi connectivity index (χ4n) is 3.88. The summed E-state index contributed by atoms with van der Waals surface area (Å²) < 4.78 is 2.02. The third-order valence-corrected chi connectivity index (χ3v) is 5.63. The summed E-state index contributed by atoms with van der Waals surface area (Å²) in [7, 11) is 2.00. The van der Waals surface area contributed by atoms with E-state index in [0.717, 1.165) is 22.5 Å². The molecule has 2 N–H and O–H groups in total. The number of amides is 1. The zero-order chi connectivity index (χ0) is 21.1. The van der Waals surface area contributed by atoms with Crippen molar-refractivity contribution in [1.82, 2.24) is 19.8 Å². The number of carbonyl (C=O) groups excluding carboxylic acids is 1. The lowest BCUT2D eigenvalue weighted by atomic mass is 9.99. The van der Waals surface area contributed by atoms with Crippen LogP contribution in [-0.2, 0) is 11.8 Å². The second-order valence-electron chi connectivity index (χ2n) is 7.60. The van der Waals surface area contributed by atoms with Crippen molar-refractivity contribution in [1.29, 1.82) is 0 Å². The number of hydrogen-bond donors (Lipinski definition) is 2. The third-order valence-electron chi connectivity index (χ3n) is 5.28. The molecule has 1 amide bonds. The molecule has 1 aliphatic heterocycles. The lowest BCUT2D eigenvalue weighted by Crippen LogP contribution is -2.32. The van der Waals surface area contributed by atoms with Crippen LogP contribution in [0.3, 0.4) is 0 Å². The monoisotopic (exact) mass is 419 g/mol. The van der Waals surface area contributed by atoms with Gasteiger partial charge in [0.15, 0.2) is 5.11 Å². The third kappa shape index (κ3) is 4.36. The number of rotatable bonds is 6. The van der Waals surface area contributed by atoms with E-state index in [2.05, 4.69) is 32.8 Å². The van der Waals surface area contributed by atoms with E-state index in [0.29, 0.717) is 18.1 Å². The minimum Gasteiger partial charge on any atom is -0.357 e. The number of nitrogens with zero attached hydrogens (tertiary/aromatic N) is 3. The molecule has 0 spiro atoms. The number of thiocarbonyl (C=S) groups is 1. The summed E-state index contributed by atoms with van der Waals surface area (Å²) in [5.74, 6) is -0.0310. The molecule has 154 valence electrons. The molecular formula is C23H25N5OS. The molecule has 0 unspecified atom stereocenters. The van der Waals surface area contributed by atoms with E-state index in [4.69, 9.17) is 12.2 Å². The summed E-state index contributed by atoms with van der Waals surface area (Å²) in [6.07, 6.45) is 6.25. The normalized spacial score (nSPS) is 18.3. The summed E-state index contributed by atoms with van der Waals surface area (Å²) >= 11 is 5.65. The molecule has 3 heterocycles. The first-order valence-corrected chi connectivity index (χ1v) is 10.4. The number of carbonyl (C=O) groups is 1. The molecule has 30 heavy (non-hydrogen) atoms. The molecule has 0 saturated carbocycles. The maximum absolute atomic E-state index is 12.6. The van der Waals surface area contributed by atoms with E-state index in [-0.39, 0.29) is 18.0 Å². The summed E-state index contributed by atoms with van der Waals surface area (Å²) in [6, 6.07) is 15.7. The maximum atomic E-state index is 12.6. The number of hydrogen-bond acceptors (Lipinski definition) is 3. The molecule has 2 aromatic heterocycles. The van der Waals surface area contributed by atoms with Gasteiger partial charge in [0.05, 0.1) is 17.8 Å². The Morgan fingerprint density at radius 3 is 2.80 bits per heavy atom. The van der Waals surface area contributed by atoms with Crippen LogP contribution in [0.15, 0.2) is 67.1 Å². The van der Waals surface area contributed by atoms with Gasteiger partial charge in [0.25, 0.3) is 0 Å². The van der Waals surface area contributed by atoms with Crippen molar-refractivity contribution in [3.8, 4) is 0 Å². The number of aryl methyl sites for hydroxylation is 2. The van der Waals surface area contributed by atoms with Gasteiger partial charge in [-0.25, -0.2) is 0 Å². The van der Waals surface area contributed by atoms with Crippen LogP contribution in [0.5, 0.6) is 0 Å². The topological polar surface area (TPSA) is 62.2 Å². The predicted molar refractivity (Wildman–Crippen MR) is 122 cm³/mol. The largest absolute Gasteiger partial charge is 0.357 e.